The molecule has 1 fully saturated rings. The molecule has 2 amide bonds. The van der Waals surface area contributed by atoms with Crippen LogP contribution in [0.2, 0.25) is 0 Å². The first-order valence-corrected chi connectivity index (χ1v) is 12.7. The van der Waals surface area contributed by atoms with Crippen LogP contribution in [0.5, 0.6) is 0 Å². The van der Waals surface area contributed by atoms with E-state index in [0.29, 0.717) is 41.2 Å². The number of thiazole rings is 1. The number of alkyl carbamates (subject to hydrolysis) is 1. The number of amides is 2. The van der Waals surface area contributed by atoms with Gasteiger partial charge in [-0.1, -0.05) is 0 Å². The average Bonchev–Trinajstić information content (AvgIpc) is 3.18. The molecule has 10 nitrogen and oxygen atoms in total. The van der Waals surface area contributed by atoms with Gasteiger partial charge in [-0.2, -0.15) is 5.10 Å². The van der Waals surface area contributed by atoms with Crippen LogP contribution in [0.1, 0.15) is 55.9 Å². The lowest BCUT2D eigenvalue weighted by molar-refractivity contribution is -0.00000706. The number of aryl methyl sites for hydroxylation is 2. The molecule has 12 heteroatoms. The fourth-order valence-corrected chi connectivity index (χ4v) is 5.59. The van der Waals surface area contributed by atoms with E-state index >= 15 is 0 Å². The van der Waals surface area contributed by atoms with Gasteiger partial charge in [0.1, 0.15) is 17.0 Å². The Balaban J connectivity index is 1.80. The second-order valence-corrected chi connectivity index (χ2v) is 12.2. The number of nitrogens with zero attached hydrogens (tertiary/aromatic N) is 4. The van der Waals surface area contributed by atoms with Crippen molar-refractivity contribution in [1.82, 2.24) is 20.1 Å². The zero-order valence-corrected chi connectivity index (χ0v) is 23.1. The monoisotopic (exact) mass is 556 g/mol. The lowest BCUT2D eigenvalue weighted by Gasteiger charge is -2.34. The van der Waals surface area contributed by atoms with Gasteiger partial charge >= 0.3 is 6.09 Å². The van der Waals surface area contributed by atoms with Crippen LogP contribution in [0.15, 0.2) is 10.1 Å². The second-order valence-electron chi connectivity index (χ2n) is 9.74. The molecule has 188 valence electrons. The van der Waals surface area contributed by atoms with Crippen molar-refractivity contribution in [3.63, 3.8) is 0 Å². The Morgan fingerprint density at radius 3 is 2.65 bits per heavy atom. The third-order valence-electron chi connectivity index (χ3n) is 5.61. The molecular formula is C22H33BrN6O4S. The summed E-state index contributed by atoms with van der Waals surface area (Å²) in [6.07, 6.45) is 2.48. The van der Waals surface area contributed by atoms with Crippen LogP contribution in [0, 0.1) is 6.92 Å². The fraction of sp³-hybridized carbons (Fsp3) is 0.636. The van der Waals surface area contributed by atoms with Gasteiger partial charge in [0.25, 0.3) is 5.91 Å². The van der Waals surface area contributed by atoms with Gasteiger partial charge < -0.3 is 25.0 Å². The molecule has 0 saturated carbocycles. The highest BCUT2D eigenvalue weighted by atomic mass is 79.9. The number of carbonyl (C=O) groups is 2. The largest absolute Gasteiger partial charge is 0.444 e. The predicted octanol–water partition coefficient (Wildman–Crippen LogP) is 4.10. The third-order valence-corrected chi connectivity index (χ3v) is 7.03. The van der Waals surface area contributed by atoms with E-state index in [1.165, 1.54) is 11.3 Å². The molecule has 0 aromatic carbocycles. The van der Waals surface area contributed by atoms with Crippen LogP contribution in [0.3, 0.4) is 0 Å². The first-order chi connectivity index (χ1) is 15.8. The van der Waals surface area contributed by atoms with Crippen molar-refractivity contribution in [1.29, 1.82) is 0 Å². The van der Waals surface area contributed by atoms with Gasteiger partial charge in [0, 0.05) is 38.2 Å². The molecule has 2 atom stereocenters. The summed E-state index contributed by atoms with van der Waals surface area (Å²) >= 11 is 4.75. The topological polar surface area (TPSA) is 111 Å². The molecule has 3 rings (SSSR count). The van der Waals surface area contributed by atoms with Gasteiger partial charge in [-0.3, -0.25) is 9.48 Å². The Labute approximate surface area is 212 Å². The Morgan fingerprint density at radius 1 is 1.35 bits per heavy atom. The maximum absolute atomic E-state index is 12.9. The van der Waals surface area contributed by atoms with Crippen LogP contribution >= 0.6 is 27.3 Å². The summed E-state index contributed by atoms with van der Waals surface area (Å²) in [5, 5.41) is 10.3. The van der Waals surface area contributed by atoms with Crippen LogP contribution in [0.4, 0.5) is 16.3 Å². The minimum atomic E-state index is -0.571. The van der Waals surface area contributed by atoms with E-state index in [9.17, 15) is 9.59 Å². The molecule has 34 heavy (non-hydrogen) atoms. The molecule has 2 unspecified atom stereocenters. The highest BCUT2D eigenvalue weighted by Gasteiger charge is 2.37. The Bertz CT molecular complexity index is 1050. The zero-order valence-electron chi connectivity index (χ0n) is 20.7. The molecule has 0 spiro atoms. The number of ether oxygens (including phenoxy) is 2. The smallest absolute Gasteiger partial charge is 0.407 e. The highest BCUT2D eigenvalue weighted by molar-refractivity contribution is 9.11. The van der Waals surface area contributed by atoms with Crippen LogP contribution in [-0.2, 0) is 16.5 Å². The first kappa shape index (κ1) is 26.4. The van der Waals surface area contributed by atoms with Crippen molar-refractivity contribution in [2.24, 2.45) is 7.05 Å². The minimum Gasteiger partial charge on any atom is -0.444 e. The number of hydrogen-bond acceptors (Lipinski definition) is 8. The third kappa shape index (κ3) is 6.48. The molecule has 2 N–H and O–H groups in total. The minimum absolute atomic E-state index is 0.133. The lowest BCUT2D eigenvalue weighted by Crippen LogP contribution is -2.45. The van der Waals surface area contributed by atoms with Crippen molar-refractivity contribution in [2.75, 3.05) is 30.4 Å². The number of anilines is 2. The van der Waals surface area contributed by atoms with Crippen molar-refractivity contribution in [3.05, 3.63) is 20.7 Å². The Morgan fingerprint density at radius 2 is 2.06 bits per heavy atom. The van der Waals surface area contributed by atoms with Crippen molar-refractivity contribution in [3.8, 4) is 0 Å². The standard InChI is InChI=1S/C22H33BrN6O4S/c1-13-16(27-19(23)34-13)17(30)26-15-11-24-28(6)18(15)29-9-8-14(10-22(5,12-29)32-7)25-20(31)33-21(2,3)4/h11,14H,8-10,12H2,1-7H3,(H,25,31)(H,26,30). The van der Waals surface area contributed by atoms with Gasteiger partial charge in [-0.25, -0.2) is 9.78 Å². The fourth-order valence-electron chi connectivity index (χ4n) is 4.06. The normalized spacial score (nSPS) is 21.2. The quantitative estimate of drug-likeness (QED) is 0.570. The number of carbonyl (C=O) groups excluding carboxylic acids is 2. The van der Waals surface area contributed by atoms with E-state index in [4.69, 9.17) is 9.47 Å². The highest BCUT2D eigenvalue weighted by Crippen LogP contribution is 2.33. The molecule has 0 bridgehead atoms. The summed E-state index contributed by atoms with van der Waals surface area (Å²) in [4.78, 5) is 32.5. The Kier molecular flexibility index (Phi) is 7.93. The summed E-state index contributed by atoms with van der Waals surface area (Å²) in [7, 11) is 3.50. The van der Waals surface area contributed by atoms with Gasteiger partial charge in [-0.15, -0.1) is 11.3 Å². The predicted molar refractivity (Wildman–Crippen MR) is 136 cm³/mol. The summed E-state index contributed by atoms with van der Waals surface area (Å²) < 4.78 is 13.7. The second kappa shape index (κ2) is 10.2. The molecule has 2 aromatic rings. The lowest BCUT2D eigenvalue weighted by atomic mass is 9.96. The van der Waals surface area contributed by atoms with Crippen molar-refractivity contribution >= 4 is 50.8 Å². The number of halogens is 1. The molecule has 3 heterocycles. The number of hydrogen-bond donors (Lipinski definition) is 2. The van der Waals surface area contributed by atoms with E-state index in [2.05, 4.69) is 41.5 Å². The SMILES string of the molecule is COC1(C)CC(NC(=O)OC(C)(C)C)CCN(c2c(NC(=O)c3nc(Br)sc3C)cnn2C)C1. The summed E-state index contributed by atoms with van der Waals surface area (Å²) in [5.41, 5.74) is -0.143. The summed E-state index contributed by atoms with van der Waals surface area (Å²) in [6, 6.07) is -0.133. The molecule has 2 aromatic heterocycles. The van der Waals surface area contributed by atoms with Crippen LogP contribution < -0.4 is 15.5 Å². The molecule has 1 saturated heterocycles. The first-order valence-electron chi connectivity index (χ1n) is 11.1. The van der Waals surface area contributed by atoms with E-state index in [-0.39, 0.29) is 11.9 Å². The molecule has 1 aliphatic rings. The number of methoxy groups -OCH3 is 1. The average molecular weight is 558 g/mol. The van der Waals surface area contributed by atoms with Crippen LogP contribution in [-0.4, -0.2) is 64.2 Å². The van der Waals surface area contributed by atoms with E-state index in [1.54, 1.807) is 18.0 Å². The maximum Gasteiger partial charge on any atom is 0.407 e. The number of nitrogens with one attached hydrogen (secondary N) is 2. The molecule has 0 radical (unpaired) electrons. The van der Waals surface area contributed by atoms with Gasteiger partial charge in [0.05, 0.1) is 11.8 Å². The Hall–Kier alpha value is -2.18. The van der Waals surface area contributed by atoms with Crippen molar-refractivity contribution in [2.45, 2.75) is 64.7 Å². The maximum atomic E-state index is 12.9. The van der Waals surface area contributed by atoms with E-state index < -0.39 is 17.3 Å². The van der Waals surface area contributed by atoms with Crippen LogP contribution in [0.25, 0.3) is 0 Å². The molecule has 0 aliphatic carbocycles. The molecular weight excluding hydrogens is 524 g/mol. The zero-order chi connectivity index (χ0) is 25.3. The van der Waals surface area contributed by atoms with Gasteiger partial charge in [-0.05, 0) is 63.4 Å². The van der Waals surface area contributed by atoms with E-state index in [1.807, 2.05) is 41.7 Å². The molecule has 1 aliphatic heterocycles. The van der Waals surface area contributed by atoms with E-state index in [0.717, 1.165) is 10.7 Å². The van der Waals surface area contributed by atoms with Crippen molar-refractivity contribution < 1.29 is 19.1 Å². The van der Waals surface area contributed by atoms with Gasteiger partial charge in [0.15, 0.2) is 9.73 Å². The summed E-state index contributed by atoms with van der Waals surface area (Å²) in [5.74, 6) is 0.476. The number of rotatable bonds is 5. The number of aromatic nitrogens is 3. The summed E-state index contributed by atoms with van der Waals surface area (Å²) in [6.45, 7) is 10.6. The van der Waals surface area contributed by atoms with Gasteiger partial charge in [0.2, 0.25) is 0 Å².